The molecule has 2 heterocycles. The van der Waals surface area contributed by atoms with Crippen LogP contribution in [0.15, 0.2) is 35.0 Å². The SMILES string of the molecule is CN(CCc1noc(C2CC2)n1)C(=O)c1ccc2ccn(C)c2c1. The topological polar surface area (TPSA) is 64.2 Å². The monoisotopic (exact) mass is 324 g/mol. The fourth-order valence-electron chi connectivity index (χ4n) is 2.85. The van der Waals surface area contributed by atoms with Crippen molar-refractivity contribution in [2.75, 3.05) is 13.6 Å². The van der Waals surface area contributed by atoms with E-state index in [1.54, 1.807) is 11.9 Å². The van der Waals surface area contributed by atoms with Crippen molar-refractivity contribution in [2.24, 2.45) is 7.05 Å². The van der Waals surface area contributed by atoms with E-state index in [1.807, 2.05) is 42.1 Å². The van der Waals surface area contributed by atoms with Crippen LogP contribution in [0, 0.1) is 0 Å². The van der Waals surface area contributed by atoms with E-state index in [4.69, 9.17) is 4.52 Å². The van der Waals surface area contributed by atoms with E-state index in [2.05, 4.69) is 10.1 Å². The van der Waals surface area contributed by atoms with Gasteiger partial charge in [0.1, 0.15) is 0 Å². The zero-order valence-electron chi connectivity index (χ0n) is 13.9. The van der Waals surface area contributed by atoms with Crippen LogP contribution in [-0.2, 0) is 13.5 Å². The molecule has 0 atom stereocenters. The van der Waals surface area contributed by atoms with Gasteiger partial charge in [0.05, 0.1) is 0 Å². The molecule has 0 saturated heterocycles. The molecule has 0 unspecified atom stereocenters. The summed E-state index contributed by atoms with van der Waals surface area (Å²) >= 11 is 0. The van der Waals surface area contributed by atoms with Gasteiger partial charge in [0.15, 0.2) is 5.82 Å². The number of benzene rings is 1. The Morgan fingerprint density at radius 2 is 2.21 bits per heavy atom. The molecule has 1 amide bonds. The molecule has 1 saturated carbocycles. The average Bonchev–Trinajstić information content (AvgIpc) is 3.23. The summed E-state index contributed by atoms with van der Waals surface area (Å²) < 4.78 is 7.27. The summed E-state index contributed by atoms with van der Waals surface area (Å²) in [4.78, 5) is 18.7. The van der Waals surface area contributed by atoms with Crippen LogP contribution in [-0.4, -0.2) is 39.1 Å². The molecular weight excluding hydrogens is 304 g/mol. The van der Waals surface area contributed by atoms with Gasteiger partial charge in [0.2, 0.25) is 5.89 Å². The Morgan fingerprint density at radius 3 is 3.00 bits per heavy atom. The van der Waals surface area contributed by atoms with E-state index in [0.717, 1.165) is 29.6 Å². The number of hydrogen-bond donors (Lipinski definition) is 0. The summed E-state index contributed by atoms with van der Waals surface area (Å²) in [5.74, 6) is 1.88. The summed E-state index contributed by atoms with van der Waals surface area (Å²) in [6.45, 7) is 0.563. The first-order valence-electron chi connectivity index (χ1n) is 8.25. The van der Waals surface area contributed by atoms with Crippen molar-refractivity contribution < 1.29 is 9.32 Å². The van der Waals surface area contributed by atoms with Gasteiger partial charge in [0.25, 0.3) is 5.91 Å². The van der Waals surface area contributed by atoms with Crippen LogP contribution in [0.1, 0.15) is 40.8 Å². The lowest BCUT2D eigenvalue weighted by atomic mass is 10.1. The molecule has 1 aliphatic carbocycles. The van der Waals surface area contributed by atoms with Gasteiger partial charge < -0.3 is 14.0 Å². The van der Waals surface area contributed by atoms with Crippen LogP contribution in [0.2, 0.25) is 0 Å². The molecule has 124 valence electrons. The number of aromatic nitrogens is 3. The summed E-state index contributed by atoms with van der Waals surface area (Å²) in [7, 11) is 3.79. The van der Waals surface area contributed by atoms with Crippen molar-refractivity contribution in [3.8, 4) is 0 Å². The van der Waals surface area contributed by atoms with Crippen molar-refractivity contribution in [1.29, 1.82) is 0 Å². The van der Waals surface area contributed by atoms with Gasteiger partial charge in [-0.3, -0.25) is 4.79 Å². The molecule has 0 bridgehead atoms. The van der Waals surface area contributed by atoms with Crippen molar-refractivity contribution in [1.82, 2.24) is 19.6 Å². The van der Waals surface area contributed by atoms with Gasteiger partial charge in [-0.2, -0.15) is 4.98 Å². The fourth-order valence-corrected chi connectivity index (χ4v) is 2.85. The number of carbonyl (C=O) groups excluding carboxylic acids is 1. The molecule has 0 radical (unpaired) electrons. The highest BCUT2D eigenvalue weighted by molar-refractivity contribution is 5.97. The number of fused-ring (bicyclic) bond motifs is 1. The lowest BCUT2D eigenvalue weighted by Crippen LogP contribution is -2.29. The zero-order chi connectivity index (χ0) is 16.7. The van der Waals surface area contributed by atoms with Crippen LogP contribution >= 0.6 is 0 Å². The third kappa shape index (κ3) is 2.79. The van der Waals surface area contributed by atoms with E-state index in [-0.39, 0.29) is 5.91 Å². The average molecular weight is 324 g/mol. The maximum atomic E-state index is 12.6. The molecule has 4 rings (SSSR count). The molecule has 1 fully saturated rings. The van der Waals surface area contributed by atoms with Crippen molar-refractivity contribution in [2.45, 2.75) is 25.2 Å². The second-order valence-electron chi connectivity index (χ2n) is 6.50. The predicted octanol–water partition coefficient (Wildman–Crippen LogP) is 2.75. The molecule has 1 aromatic carbocycles. The largest absolute Gasteiger partial charge is 0.351 e. The van der Waals surface area contributed by atoms with Gasteiger partial charge in [0, 0.05) is 50.3 Å². The minimum atomic E-state index is 0.00371. The molecule has 3 aromatic rings. The third-order valence-corrected chi connectivity index (χ3v) is 4.56. The Bertz CT molecular complexity index is 891. The number of nitrogens with zero attached hydrogens (tertiary/aromatic N) is 4. The van der Waals surface area contributed by atoms with Crippen LogP contribution in [0.4, 0.5) is 0 Å². The second-order valence-corrected chi connectivity index (χ2v) is 6.50. The number of rotatable bonds is 5. The van der Waals surface area contributed by atoms with E-state index in [9.17, 15) is 4.79 Å². The first kappa shape index (κ1) is 14.9. The van der Waals surface area contributed by atoms with Crippen molar-refractivity contribution >= 4 is 16.8 Å². The van der Waals surface area contributed by atoms with Crippen LogP contribution < -0.4 is 0 Å². The van der Waals surface area contributed by atoms with Crippen LogP contribution in [0.5, 0.6) is 0 Å². The summed E-state index contributed by atoms with van der Waals surface area (Å²) in [6, 6.07) is 7.84. The highest BCUT2D eigenvalue weighted by Crippen LogP contribution is 2.38. The number of amides is 1. The number of carbonyl (C=O) groups is 1. The molecule has 0 N–H and O–H groups in total. The molecule has 2 aromatic heterocycles. The van der Waals surface area contributed by atoms with Gasteiger partial charge in [-0.1, -0.05) is 11.2 Å². The number of likely N-dealkylation sites (N-methyl/N-ethyl adjacent to an activating group) is 1. The predicted molar refractivity (Wildman–Crippen MR) is 89.9 cm³/mol. The summed E-state index contributed by atoms with van der Waals surface area (Å²) in [5, 5.41) is 5.13. The van der Waals surface area contributed by atoms with Gasteiger partial charge in [-0.05, 0) is 36.4 Å². The van der Waals surface area contributed by atoms with Gasteiger partial charge >= 0.3 is 0 Å². The van der Waals surface area contributed by atoms with Crippen molar-refractivity contribution in [3.05, 3.63) is 47.7 Å². The first-order valence-corrected chi connectivity index (χ1v) is 8.25. The molecule has 0 aliphatic heterocycles. The zero-order valence-corrected chi connectivity index (χ0v) is 13.9. The third-order valence-electron chi connectivity index (χ3n) is 4.56. The Morgan fingerprint density at radius 1 is 1.38 bits per heavy atom. The minimum absolute atomic E-state index is 0.00371. The molecule has 24 heavy (non-hydrogen) atoms. The second kappa shape index (κ2) is 5.78. The van der Waals surface area contributed by atoms with Gasteiger partial charge in [-0.25, -0.2) is 0 Å². The van der Waals surface area contributed by atoms with Crippen LogP contribution in [0.25, 0.3) is 10.9 Å². The molecule has 6 heteroatoms. The molecular formula is C18H20N4O2. The molecule has 1 aliphatic rings. The smallest absolute Gasteiger partial charge is 0.253 e. The summed E-state index contributed by atoms with van der Waals surface area (Å²) in [5.41, 5.74) is 1.75. The first-order chi connectivity index (χ1) is 11.6. The Balaban J connectivity index is 1.42. The maximum absolute atomic E-state index is 12.6. The number of hydrogen-bond acceptors (Lipinski definition) is 4. The van der Waals surface area contributed by atoms with Gasteiger partial charge in [-0.15, -0.1) is 0 Å². The van der Waals surface area contributed by atoms with Crippen molar-refractivity contribution in [3.63, 3.8) is 0 Å². The lowest BCUT2D eigenvalue weighted by molar-refractivity contribution is 0.0796. The highest BCUT2D eigenvalue weighted by Gasteiger charge is 2.29. The minimum Gasteiger partial charge on any atom is -0.351 e. The highest BCUT2D eigenvalue weighted by atomic mass is 16.5. The van der Waals surface area contributed by atoms with E-state index in [1.165, 1.54) is 0 Å². The van der Waals surface area contributed by atoms with Crippen LogP contribution in [0.3, 0.4) is 0 Å². The van der Waals surface area contributed by atoms with E-state index >= 15 is 0 Å². The normalized spacial score (nSPS) is 14.2. The Labute approximate surface area is 140 Å². The Kier molecular flexibility index (Phi) is 3.59. The fraction of sp³-hybridized carbons (Fsp3) is 0.389. The molecule has 6 nitrogen and oxygen atoms in total. The molecule has 0 spiro atoms. The maximum Gasteiger partial charge on any atom is 0.253 e. The lowest BCUT2D eigenvalue weighted by Gasteiger charge is -2.16. The number of aryl methyl sites for hydroxylation is 1. The van der Waals surface area contributed by atoms with E-state index < -0.39 is 0 Å². The standard InChI is InChI=1S/C18H20N4O2/c1-21-9-7-12-3-6-14(11-15(12)21)18(23)22(2)10-8-16-19-17(24-20-16)13-4-5-13/h3,6-7,9,11,13H,4-5,8,10H2,1-2H3. The van der Waals surface area contributed by atoms with E-state index in [0.29, 0.717) is 30.3 Å². The Hall–Kier alpha value is -2.63. The summed E-state index contributed by atoms with van der Waals surface area (Å²) in [6.07, 6.45) is 4.88. The quantitative estimate of drug-likeness (QED) is 0.724.